The normalized spacial score (nSPS) is 11.5. The summed E-state index contributed by atoms with van der Waals surface area (Å²) >= 11 is 0. The van der Waals surface area contributed by atoms with Crippen LogP contribution >= 0.6 is 0 Å². The number of rotatable bonds is 5. The number of nitro benzene ring substituents is 1. The summed E-state index contributed by atoms with van der Waals surface area (Å²) in [6.07, 6.45) is 0. The van der Waals surface area contributed by atoms with Gasteiger partial charge in [-0.05, 0) is 26.0 Å². The first-order chi connectivity index (χ1) is 8.95. The van der Waals surface area contributed by atoms with Crippen LogP contribution in [0.2, 0.25) is 0 Å². The molecule has 0 aromatic heterocycles. The molecule has 0 radical (unpaired) electrons. The third-order valence-corrected chi connectivity index (χ3v) is 2.43. The molecule has 0 bridgehead atoms. The van der Waals surface area contributed by atoms with Crippen molar-refractivity contribution in [2.75, 3.05) is 6.54 Å². The number of non-ortho nitro benzene ring substituents is 1. The Morgan fingerprint density at radius 3 is 2.37 bits per heavy atom. The van der Waals surface area contributed by atoms with Crippen molar-refractivity contribution >= 4 is 17.5 Å². The molecule has 0 heterocycles. The van der Waals surface area contributed by atoms with E-state index >= 15 is 0 Å². The second-order valence-electron chi connectivity index (χ2n) is 3.89. The zero-order valence-corrected chi connectivity index (χ0v) is 10.7. The van der Waals surface area contributed by atoms with Crippen molar-refractivity contribution in [3.05, 3.63) is 39.9 Å². The van der Waals surface area contributed by atoms with Gasteiger partial charge in [0.15, 0.2) is 0 Å². The Hall–Kier alpha value is -2.44. The second-order valence-corrected chi connectivity index (χ2v) is 3.89. The first-order valence-corrected chi connectivity index (χ1v) is 5.78. The van der Waals surface area contributed by atoms with Gasteiger partial charge >= 0.3 is 0 Å². The number of hydrogen-bond acceptors (Lipinski definition) is 4. The molecular formula is C12H15N3O4. The van der Waals surface area contributed by atoms with Gasteiger partial charge in [0.1, 0.15) is 6.04 Å². The topological polar surface area (TPSA) is 101 Å². The maximum Gasteiger partial charge on any atom is 0.269 e. The molecule has 0 aliphatic carbocycles. The van der Waals surface area contributed by atoms with Gasteiger partial charge in [-0.2, -0.15) is 0 Å². The molecular weight excluding hydrogens is 250 g/mol. The van der Waals surface area contributed by atoms with Crippen LogP contribution in [0, 0.1) is 10.1 Å². The van der Waals surface area contributed by atoms with Crippen LogP contribution in [0.25, 0.3) is 0 Å². The van der Waals surface area contributed by atoms with E-state index in [2.05, 4.69) is 10.6 Å². The molecule has 0 spiro atoms. The third kappa shape index (κ3) is 4.06. The molecule has 1 aromatic carbocycles. The fourth-order valence-electron chi connectivity index (χ4n) is 1.41. The lowest BCUT2D eigenvalue weighted by Gasteiger charge is -2.13. The lowest BCUT2D eigenvalue weighted by atomic mass is 10.2. The summed E-state index contributed by atoms with van der Waals surface area (Å²) in [5.41, 5.74) is 0.176. The Morgan fingerprint density at radius 2 is 1.89 bits per heavy atom. The van der Waals surface area contributed by atoms with Gasteiger partial charge in [-0.25, -0.2) is 0 Å². The van der Waals surface area contributed by atoms with Gasteiger partial charge in [-0.15, -0.1) is 0 Å². The van der Waals surface area contributed by atoms with Gasteiger partial charge in [0, 0.05) is 24.2 Å². The minimum absolute atomic E-state index is 0.0895. The van der Waals surface area contributed by atoms with Crippen LogP contribution in [-0.2, 0) is 4.79 Å². The number of likely N-dealkylation sites (N-methyl/N-ethyl adjacent to an activating group) is 1. The highest BCUT2D eigenvalue weighted by atomic mass is 16.6. The van der Waals surface area contributed by atoms with Gasteiger partial charge in [0.2, 0.25) is 5.91 Å². The Labute approximate surface area is 110 Å². The lowest BCUT2D eigenvalue weighted by Crippen LogP contribution is -2.44. The van der Waals surface area contributed by atoms with Crippen molar-refractivity contribution in [2.24, 2.45) is 0 Å². The van der Waals surface area contributed by atoms with Crippen molar-refractivity contribution in [1.82, 2.24) is 10.6 Å². The Balaban J connectivity index is 2.68. The van der Waals surface area contributed by atoms with Crippen LogP contribution in [0.4, 0.5) is 5.69 Å². The molecule has 0 fully saturated rings. The molecule has 1 atom stereocenters. The molecule has 19 heavy (non-hydrogen) atoms. The van der Waals surface area contributed by atoms with Gasteiger partial charge in [-0.3, -0.25) is 19.7 Å². The van der Waals surface area contributed by atoms with Crippen molar-refractivity contribution in [3.63, 3.8) is 0 Å². The third-order valence-electron chi connectivity index (χ3n) is 2.43. The highest BCUT2D eigenvalue weighted by molar-refractivity contribution is 5.97. The number of nitrogens with zero attached hydrogens (tertiary/aromatic N) is 1. The Bertz CT molecular complexity index is 484. The fourth-order valence-corrected chi connectivity index (χ4v) is 1.41. The number of benzene rings is 1. The molecule has 0 saturated heterocycles. The maximum atomic E-state index is 11.8. The highest BCUT2D eigenvalue weighted by Crippen LogP contribution is 2.11. The molecule has 7 nitrogen and oxygen atoms in total. The van der Waals surface area contributed by atoms with Gasteiger partial charge in [-0.1, -0.05) is 0 Å². The van der Waals surface area contributed by atoms with Crippen LogP contribution in [0.1, 0.15) is 24.2 Å². The van der Waals surface area contributed by atoms with Gasteiger partial charge in [0.05, 0.1) is 4.92 Å². The van der Waals surface area contributed by atoms with E-state index in [9.17, 15) is 19.7 Å². The van der Waals surface area contributed by atoms with Crippen molar-refractivity contribution in [2.45, 2.75) is 19.9 Å². The minimum Gasteiger partial charge on any atom is -0.355 e. The molecule has 0 saturated carbocycles. The number of hydrogen-bond donors (Lipinski definition) is 2. The number of nitrogens with one attached hydrogen (secondary N) is 2. The predicted molar refractivity (Wildman–Crippen MR) is 68.7 cm³/mol. The average Bonchev–Trinajstić information content (AvgIpc) is 2.38. The summed E-state index contributed by atoms with van der Waals surface area (Å²) in [6.45, 7) is 3.83. The summed E-state index contributed by atoms with van der Waals surface area (Å²) in [7, 11) is 0. The van der Waals surface area contributed by atoms with Crippen LogP contribution in [0.15, 0.2) is 24.3 Å². The monoisotopic (exact) mass is 265 g/mol. The number of amides is 2. The van der Waals surface area contributed by atoms with E-state index in [4.69, 9.17) is 0 Å². The molecule has 1 unspecified atom stereocenters. The van der Waals surface area contributed by atoms with Gasteiger partial charge in [0.25, 0.3) is 11.6 Å². The van der Waals surface area contributed by atoms with E-state index in [0.29, 0.717) is 6.54 Å². The summed E-state index contributed by atoms with van der Waals surface area (Å²) in [6, 6.07) is 4.51. The molecule has 7 heteroatoms. The second kappa shape index (κ2) is 6.48. The fraction of sp³-hybridized carbons (Fsp3) is 0.333. The zero-order valence-electron chi connectivity index (χ0n) is 10.7. The largest absolute Gasteiger partial charge is 0.355 e. The van der Waals surface area contributed by atoms with E-state index in [-0.39, 0.29) is 17.2 Å². The molecule has 2 amide bonds. The number of carbonyl (C=O) groups excluding carboxylic acids is 2. The van der Waals surface area contributed by atoms with Crippen LogP contribution in [-0.4, -0.2) is 29.3 Å². The first kappa shape index (κ1) is 14.6. The van der Waals surface area contributed by atoms with E-state index < -0.39 is 16.9 Å². The summed E-state index contributed by atoms with van der Waals surface area (Å²) in [5, 5.41) is 15.6. The van der Waals surface area contributed by atoms with E-state index in [1.807, 2.05) is 0 Å². The average molecular weight is 265 g/mol. The van der Waals surface area contributed by atoms with Crippen molar-refractivity contribution in [1.29, 1.82) is 0 Å². The van der Waals surface area contributed by atoms with Gasteiger partial charge < -0.3 is 10.6 Å². The van der Waals surface area contributed by atoms with E-state index in [1.54, 1.807) is 13.8 Å². The van der Waals surface area contributed by atoms with Crippen LogP contribution in [0.5, 0.6) is 0 Å². The number of nitro groups is 1. The molecule has 102 valence electrons. The molecule has 2 N–H and O–H groups in total. The first-order valence-electron chi connectivity index (χ1n) is 5.78. The quantitative estimate of drug-likeness (QED) is 0.608. The molecule has 0 aliphatic heterocycles. The lowest BCUT2D eigenvalue weighted by molar-refractivity contribution is -0.384. The summed E-state index contributed by atoms with van der Waals surface area (Å²) < 4.78 is 0. The molecule has 0 aliphatic rings. The summed E-state index contributed by atoms with van der Waals surface area (Å²) in [5.74, 6) is -0.730. The highest BCUT2D eigenvalue weighted by Gasteiger charge is 2.16. The SMILES string of the molecule is CCNC(=O)C(C)NC(=O)c1ccc([N+](=O)[O-])cc1. The zero-order chi connectivity index (χ0) is 14.4. The van der Waals surface area contributed by atoms with Crippen LogP contribution in [0.3, 0.4) is 0 Å². The molecule has 1 rings (SSSR count). The van der Waals surface area contributed by atoms with Crippen molar-refractivity contribution in [3.8, 4) is 0 Å². The predicted octanol–water partition coefficient (Wildman–Crippen LogP) is 0.849. The number of carbonyl (C=O) groups is 2. The molecule has 1 aromatic rings. The standard InChI is InChI=1S/C12H15N3O4/c1-3-13-11(16)8(2)14-12(17)9-4-6-10(7-5-9)15(18)19/h4-8H,3H2,1-2H3,(H,13,16)(H,14,17). The maximum absolute atomic E-state index is 11.8. The van der Waals surface area contributed by atoms with E-state index in [1.165, 1.54) is 24.3 Å². The van der Waals surface area contributed by atoms with Crippen LogP contribution < -0.4 is 10.6 Å². The smallest absolute Gasteiger partial charge is 0.269 e. The Kier molecular flexibility index (Phi) is 4.99. The van der Waals surface area contributed by atoms with Crippen molar-refractivity contribution < 1.29 is 14.5 Å². The summed E-state index contributed by atoms with van der Waals surface area (Å²) in [4.78, 5) is 33.2. The Morgan fingerprint density at radius 1 is 1.32 bits per heavy atom. The minimum atomic E-state index is -0.664. The van der Waals surface area contributed by atoms with E-state index in [0.717, 1.165) is 0 Å².